The SMILES string of the molecule is Cc1ccc(OCc2cnoc2)c([C@@H](C)O)c1. The maximum absolute atomic E-state index is 9.68. The van der Waals surface area contributed by atoms with Gasteiger partial charge in [-0.1, -0.05) is 16.8 Å². The summed E-state index contributed by atoms with van der Waals surface area (Å²) in [5, 5.41) is 13.3. The first kappa shape index (κ1) is 11.7. The second-order valence-corrected chi connectivity index (χ2v) is 4.04. The van der Waals surface area contributed by atoms with E-state index in [2.05, 4.69) is 5.16 Å². The Labute approximate surface area is 99.8 Å². The van der Waals surface area contributed by atoms with Crippen molar-refractivity contribution in [3.8, 4) is 5.75 Å². The molecule has 17 heavy (non-hydrogen) atoms. The van der Waals surface area contributed by atoms with Crippen LogP contribution in [0.3, 0.4) is 0 Å². The second kappa shape index (κ2) is 5.01. The average molecular weight is 233 g/mol. The molecule has 0 unspecified atom stereocenters. The van der Waals surface area contributed by atoms with Gasteiger partial charge in [-0.15, -0.1) is 0 Å². The van der Waals surface area contributed by atoms with E-state index >= 15 is 0 Å². The van der Waals surface area contributed by atoms with Crippen LogP contribution in [0.5, 0.6) is 5.75 Å². The van der Waals surface area contributed by atoms with E-state index in [-0.39, 0.29) is 0 Å². The van der Waals surface area contributed by atoms with Crippen molar-refractivity contribution >= 4 is 0 Å². The molecule has 0 amide bonds. The molecule has 0 aliphatic rings. The highest BCUT2D eigenvalue weighted by molar-refractivity contribution is 5.38. The van der Waals surface area contributed by atoms with Gasteiger partial charge in [0.25, 0.3) is 0 Å². The van der Waals surface area contributed by atoms with Crippen molar-refractivity contribution in [1.29, 1.82) is 0 Å². The number of hydrogen-bond donors (Lipinski definition) is 1. The fourth-order valence-electron chi connectivity index (χ4n) is 1.58. The molecule has 1 aromatic heterocycles. The minimum Gasteiger partial charge on any atom is -0.488 e. The first-order valence-electron chi connectivity index (χ1n) is 5.46. The lowest BCUT2D eigenvalue weighted by molar-refractivity contribution is 0.190. The van der Waals surface area contributed by atoms with E-state index in [9.17, 15) is 5.11 Å². The molecule has 0 bridgehead atoms. The zero-order valence-corrected chi connectivity index (χ0v) is 9.88. The summed E-state index contributed by atoms with van der Waals surface area (Å²) < 4.78 is 10.4. The summed E-state index contributed by atoms with van der Waals surface area (Å²) in [7, 11) is 0. The molecule has 1 heterocycles. The lowest BCUT2D eigenvalue weighted by Crippen LogP contribution is -2.00. The van der Waals surface area contributed by atoms with Gasteiger partial charge in [-0.05, 0) is 26.0 Å². The van der Waals surface area contributed by atoms with Crippen molar-refractivity contribution in [2.75, 3.05) is 0 Å². The molecule has 0 radical (unpaired) electrons. The molecule has 4 nitrogen and oxygen atoms in total. The van der Waals surface area contributed by atoms with Crippen LogP contribution in [0.25, 0.3) is 0 Å². The Bertz CT molecular complexity index is 477. The van der Waals surface area contributed by atoms with Crippen LogP contribution >= 0.6 is 0 Å². The highest BCUT2D eigenvalue weighted by Crippen LogP contribution is 2.26. The van der Waals surface area contributed by atoms with Crippen molar-refractivity contribution in [3.63, 3.8) is 0 Å². The van der Waals surface area contributed by atoms with E-state index < -0.39 is 6.10 Å². The topological polar surface area (TPSA) is 55.5 Å². The quantitative estimate of drug-likeness (QED) is 0.881. The van der Waals surface area contributed by atoms with E-state index in [1.165, 1.54) is 6.26 Å². The molecule has 1 aromatic carbocycles. The zero-order valence-electron chi connectivity index (χ0n) is 9.88. The summed E-state index contributed by atoms with van der Waals surface area (Å²) in [6, 6.07) is 5.74. The van der Waals surface area contributed by atoms with Crippen LogP contribution in [0.15, 0.2) is 35.2 Å². The number of aryl methyl sites for hydroxylation is 1. The number of aliphatic hydroxyl groups is 1. The van der Waals surface area contributed by atoms with E-state index in [1.807, 2.05) is 25.1 Å². The zero-order chi connectivity index (χ0) is 12.3. The molecule has 1 atom stereocenters. The molecule has 0 aliphatic carbocycles. The van der Waals surface area contributed by atoms with Gasteiger partial charge >= 0.3 is 0 Å². The van der Waals surface area contributed by atoms with Crippen molar-refractivity contribution in [1.82, 2.24) is 5.16 Å². The molecule has 0 aliphatic heterocycles. The van der Waals surface area contributed by atoms with Gasteiger partial charge in [0.05, 0.1) is 12.3 Å². The monoisotopic (exact) mass is 233 g/mol. The van der Waals surface area contributed by atoms with Crippen LogP contribution in [0.2, 0.25) is 0 Å². The van der Waals surface area contributed by atoms with E-state index in [4.69, 9.17) is 9.26 Å². The number of rotatable bonds is 4. The summed E-state index contributed by atoms with van der Waals surface area (Å²) in [6.07, 6.45) is 2.60. The van der Waals surface area contributed by atoms with Crippen molar-refractivity contribution in [3.05, 3.63) is 47.3 Å². The predicted molar refractivity (Wildman–Crippen MR) is 62.6 cm³/mol. The van der Waals surface area contributed by atoms with Gasteiger partial charge in [0, 0.05) is 11.1 Å². The highest BCUT2D eigenvalue weighted by Gasteiger charge is 2.09. The van der Waals surface area contributed by atoms with Crippen LogP contribution in [0, 0.1) is 6.92 Å². The van der Waals surface area contributed by atoms with Gasteiger partial charge in [0.1, 0.15) is 18.6 Å². The lowest BCUT2D eigenvalue weighted by atomic mass is 10.1. The summed E-state index contributed by atoms with van der Waals surface area (Å²) in [5.74, 6) is 0.687. The third kappa shape index (κ3) is 2.85. The summed E-state index contributed by atoms with van der Waals surface area (Å²) in [4.78, 5) is 0. The fraction of sp³-hybridized carbons (Fsp3) is 0.308. The molecule has 0 saturated heterocycles. The first-order valence-corrected chi connectivity index (χ1v) is 5.46. The van der Waals surface area contributed by atoms with Crippen LogP contribution in [-0.2, 0) is 6.61 Å². The van der Waals surface area contributed by atoms with E-state index in [0.29, 0.717) is 12.4 Å². The average Bonchev–Trinajstić information content (AvgIpc) is 2.80. The molecule has 0 saturated carbocycles. The van der Waals surface area contributed by atoms with Gasteiger partial charge in [-0.25, -0.2) is 0 Å². The summed E-state index contributed by atoms with van der Waals surface area (Å²) >= 11 is 0. The largest absolute Gasteiger partial charge is 0.488 e. The molecule has 2 aromatic rings. The maximum Gasteiger partial charge on any atom is 0.130 e. The third-order valence-electron chi connectivity index (χ3n) is 2.49. The molecule has 2 rings (SSSR count). The Hall–Kier alpha value is -1.81. The summed E-state index contributed by atoms with van der Waals surface area (Å²) in [6.45, 7) is 4.09. The fourth-order valence-corrected chi connectivity index (χ4v) is 1.58. The van der Waals surface area contributed by atoms with Gasteiger partial charge in [-0.3, -0.25) is 0 Å². The number of ether oxygens (including phenoxy) is 1. The molecule has 4 heteroatoms. The van der Waals surface area contributed by atoms with E-state index in [1.54, 1.807) is 13.1 Å². The standard InChI is InChI=1S/C13H15NO3/c1-9-3-4-13(12(5-9)10(2)15)16-7-11-6-14-17-8-11/h3-6,8,10,15H,7H2,1-2H3/t10-/m1/s1. The number of aliphatic hydroxyl groups excluding tert-OH is 1. The van der Waals surface area contributed by atoms with Crippen LogP contribution in [0.4, 0.5) is 0 Å². The highest BCUT2D eigenvalue weighted by atomic mass is 16.5. The number of nitrogens with zero attached hydrogens (tertiary/aromatic N) is 1. The minimum atomic E-state index is -0.549. The van der Waals surface area contributed by atoms with Gasteiger partial charge in [0.2, 0.25) is 0 Å². The number of aromatic nitrogens is 1. The molecular formula is C13H15NO3. The lowest BCUT2D eigenvalue weighted by Gasteiger charge is -2.13. The molecular weight excluding hydrogens is 218 g/mol. The molecule has 0 spiro atoms. The van der Waals surface area contributed by atoms with Gasteiger partial charge < -0.3 is 14.4 Å². The Morgan fingerprint density at radius 1 is 1.47 bits per heavy atom. The second-order valence-electron chi connectivity index (χ2n) is 4.04. The predicted octanol–water partition coefficient (Wildman–Crippen LogP) is 2.62. The molecule has 0 fully saturated rings. The minimum absolute atomic E-state index is 0.381. The molecule has 90 valence electrons. The van der Waals surface area contributed by atoms with Crippen molar-refractivity contribution < 1.29 is 14.4 Å². The van der Waals surface area contributed by atoms with Gasteiger partial charge in [0.15, 0.2) is 0 Å². The summed E-state index contributed by atoms with van der Waals surface area (Å²) in [5.41, 5.74) is 2.75. The smallest absolute Gasteiger partial charge is 0.130 e. The normalized spacial score (nSPS) is 12.4. The Balaban J connectivity index is 2.14. The Morgan fingerprint density at radius 2 is 2.29 bits per heavy atom. The Morgan fingerprint density at radius 3 is 2.94 bits per heavy atom. The van der Waals surface area contributed by atoms with Crippen molar-refractivity contribution in [2.24, 2.45) is 0 Å². The first-order chi connectivity index (χ1) is 8.16. The van der Waals surface area contributed by atoms with Gasteiger partial charge in [-0.2, -0.15) is 0 Å². The van der Waals surface area contributed by atoms with Crippen LogP contribution in [-0.4, -0.2) is 10.3 Å². The number of hydrogen-bond acceptors (Lipinski definition) is 4. The maximum atomic E-state index is 9.68. The third-order valence-corrected chi connectivity index (χ3v) is 2.49. The van der Waals surface area contributed by atoms with Crippen molar-refractivity contribution in [2.45, 2.75) is 26.6 Å². The van der Waals surface area contributed by atoms with Crippen LogP contribution < -0.4 is 4.74 Å². The van der Waals surface area contributed by atoms with E-state index in [0.717, 1.165) is 16.7 Å². The Kier molecular flexibility index (Phi) is 3.44. The number of benzene rings is 1. The molecule has 1 N–H and O–H groups in total. The van der Waals surface area contributed by atoms with Crippen LogP contribution in [0.1, 0.15) is 29.7 Å².